The van der Waals surface area contributed by atoms with Crippen molar-refractivity contribution in [2.24, 2.45) is 0 Å². The standard InChI is InChI=1S/C25H25NO2/c1-18(21-15-14-20-10-7-11-22(20)16-21)26-25(27)23-12-5-6-13-24(23)28-17-19-8-3-2-4-9-19/h2-6,8-9,12-16,18H,7,10-11,17H2,1H3,(H,26,27)/t18-/m1/s1. The number of fused-ring (bicyclic) bond motifs is 1. The molecule has 142 valence electrons. The van der Waals surface area contributed by atoms with Crippen molar-refractivity contribution in [2.75, 3.05) is 0 Å². The fourth-order valence-electron chi connectivity index (χ4n) is 3.73. The molecule has 1 amide bonds. The maximum absolute atomic E-state index is 12.9. The number of benzene rings is 3. The van der Waals surface area contributed by atoms with E-state index >= 15 is 0 Å². The Morgan fingerprint density at radius 1 is 0.964 bits per heavy atom. The number of nitrogens with one attached hydrogen (secondary N) is 1. The second-order valence-electron chi connectivity index (χ2n) is 7.35. The molecule has 0 radical (unpaired) electrons. The molecular formula is C25H25NO2. The predicted octanol–water partition coefficient (Wildman–Crippen LogP) is 5.25. The lowest BCUT2D eigenvalue weighted by molar-refractivity contribution is 0.0935. The van der Waals surface area contributed by atoms with E-state index < -0.39 is 0 Å². The van der Waals surface area contributed by atoms with Crippen molar-refractivity contribution < 1.29 is 9.53 Å². The molecule has 0 aromatic heterocycles. The maximum Gasteiger partial charge on any atom is 0.255 e. The van der Waals surface area contributed by atoms with Crippen LogP contribution >= 0.6 is 0 Å². The minimum Gasteiger partial charge on any atom is -0.488 e. The van der Waals surface area contributed by atoms with Crippen LogP contribution in [0.1, 0.15) is 52.0 Å². The highest BCUT2D eigenvalue weighted by Gasteiger charge is 2.18. The van der Waals surface area contributed by atoms with E-state index in [1.807, 2.05) is 61.5 Å². The summed E-state index contributed by atoms with van der Waals surface area (Å²) in [6.45, 7) is 2.47. The molecule has 0 saturated carbocycles. The number of rotatable bonds is 6. The Balaban J connectivity index is 1.46. The van der Waals surface area contributed by atoms with Crippen molar-refractivity contribution in [2.45, 2.75) is 38.8 Å². The van der Waals surface area contributed by atoms with Crippen LogP contribution in [0.2, 0.25) is 0 Å². The van der Waals surface area contributed by atoms with Gasteiger partial charge in [0, 0.05) is 0 Å². The maximum atomic E-state index is 12.9. The molecule has 0 unspecified atom stereocenters. The molecule has 1 atom stereocenters. The number of carbonyl (C=O) groups excluding carboxylic acids is 1. The average molecular weight is 371 g/mol. The molecular weight excluding hydrogens is 346 g/mol. The molecule has 1 N–H and O–H groups in total. The Morgan fingerprint density at radius 3 is 2.57 bits per heavy atom. The minimum atomic E-state index is -0.114. The second-order valence-corrected chi connectivity index (χ2v) is 7.35. The molecule has 0 heterocycles. The van der Waals surface area contributed by atoms with Gasteiger partial charge in [-0.1, -0.05) is 60.7 Å². The van der Waals surface area contributed by atoms with E-state index in [9.17, 15) is 4.79 Å². The van der Waals surface area contributed by atoms with Gasteiger partial charge in [-0.15, -0.1) is 0 Å². The quantitative estimate of drug-likeness (QED) is 0.643. The number of hydrogen-bond donors (Lipinski definition) is 1. The first-order valence-corrected chi connectivity index (χ1v) is 9.89. The first-order chi connectivity index (χ1) is 13.7. The van der Waals surface area contributed by atoms with Gasteiger partial charge in [-0.05, 0) is 60.6 Å². The second kappa shape index (κ2) is 8.30. The number of para-hydroxylation sites is 1. The zero-order valence-electron chi connectivity index (χ0n) is 16.2. The van der Waals surface area contributed by atoms with E-state index in [-0.39, 0.29) is 11.9 Å². The molecule has 0 saturated heterocycles. The summed E-state index contributed by atoms with van der Waals surface area (Å²) < 4.78 is 5.93. The van der Waals surface area contributed by atoms with Crippen LogP contribution in [0.5, 0.6) is 5.75 Å². The topological polar surface area (TPSA) is 38.3 Å². The molecule has 4 rings (SSSR count). The molecule has 0 fully saturated rings. The largest absolute Gasteiger partial charge is 0.488 e. The zero-order chi connectivity index (χ0) is 19.3. The summed E-state index contributed by atoms with van der Waals surface area (Å²) in [6, 6.07) is 23.9. The highest BCUT2D eigenvalue weighted by Crippen LogP contribution is 2.26. The first-order valence-electron chi connectivity index (χ1n) is 9.89. The third kappa shape index (κ3) is 4.09. The summed E-state index contributed by atoms with van der Waals surface area (Å²) in [4.78, 5) is 12.9. The summed E-state index contributed by atoms with van der Waals surface area (Å²) in [5.74, 6) is 0.488. The van der Waals surface area contributed by atoms with Crippen LogP contribution in [0, 0.1) is 0 Å². The van der Waals surface area contributed by atoms with Gasteiger partial charge in [0.15, 0.2) is 0 Å². The van der Waals surface area contributed by atoms with Crippen LogP contribution < -0.4 is 10.1 Å². The Labute approximate surface area is 166 Å². The van der Waals surface area contributed by atoms with Gasteiger partial charge in [-0.2, -0.15) is 0 Å². The lowest BCUT2D eigenvalue weighted by Crippen LogP contribution is -2.27. The van der Waals surface area contributed by atoms with Gasteiger partial charge in [0.1, 0.15) is 12.4 Å². The van der Waals surface area contributed by atoms with E-state index in [0.717, 1.165) is 17.5 Å². The van der Waals surface area contributed by atoms with Crippen LogP contribution in [0.3, 0.4) is 0 Å². The van der Waals surface area contributed by atoms with Crippen LogP contribution in [0.15, 0.2) is 72.8 Å². The Kier molecular flexibility index (Phi) is 5.43. The van der Waals surface area contributed by atoms with E-state index in [2.05, 4.69) is 23.5 Å². The van der Waals surface area contributed by atoms with Crippen molar-refractivity contribution >= 4 is 5.91 Å². The summed E-state index contributed by atoms with van der Waals surface area (Å²) in [7, 11) is 0. The van der Waals surface area contributed by atoms with Crippen molar-refractivity contribution in [3.8, 4) is 5.75 Å². The fraction of sp³-hybridized carbons (Fsp3) is 0.240. The van der Waals surface area contributed by atoms with Gasteiger partial charge < -0.3 is 10.1 Å². The molecule has 0 bridgehead atoms. The smallest absolute Gasteiger partial charge is 0.255 e. The summed E-state index contributed by atoms with van der Waals surface area (Å²) in [6.07, 6.45) is 3.54. The molecule has 0 spiro atoms. The van der Waals surface area contributed by atoms with E-state index in [1.54, 1.807) is 0 Å². The highest BCUT2D eigenvalue weighted by atomic mass is 16.5. The van der Waals surface area contributed by atoms with Crippen molar-refractivity contribution in [1.29, 1.82) is 0 Å². The van der Waals surface area contributed by atoms with Crippen molar-refractivity contribution in [3.63, 3.8) is 0 Å². The SMILES string of the molecule is C[C@@H](NC(=O)c1ccccc1OCc1ccccc1)c1ccc2c(c1)CCC2. The number of ether oxygens (including phenoxy) is 1. The number of hydrogen-bond acceptors (Lipinski definition) is 2. The monoisotopic (exact) mass is 371 g/mol. The van der Waals surface area contributed by atoms with Gasteiger partial charge in [-0.25, -0.2) is 0 Å². The minimum absolute atomic E-state index is 0.0550. The van der Waals surface area contributed by atoms with E-state index in [0.29, 0.717) is 17.9 Å². The number of amides is 1. The summed E-state index contributed by atoms with van der Waals surface area (Å²) >= 11 is 0. The molecule has 0 aliphatic heterocycles. The van der Waals surface area contributed by atoms with Crippen molar-refractivity contribution in [3.05, 3.63) is 101 Å². The predicted molar refractivity (Wildman–Crippen MR) is 112 cm³/mol. The van der Waals surface area contributed by atoms with E-state index in [1.165, 1.54) is 24.0 Å². The molecule has 1 aliphatic carbocycles. The molecule has 28 heavy (non-hydrogen) atoms. The molecule has 3 aromatic rings. The Hall–Kier alpha value is -3.07. The number of carbonyl (C=O) groups is 1. The van der Waals surface area contributed by atoms with Crippen molar-refractivity contribution in [1.82, 2.24) is 5.32 Å². The summed E-state index contributed by atoms with van der Waals surface area (Å²) in [5.41, 5.74) is 5.65. The lowest BCUT2D eigenvalue weighted by Gasteiger charge is -2.17. The van der Waals surface area contributed by atoms with Crippen LogP contribution in [-0.4, -0.2) is 5.91 Å². The average Bonchev–Trinajstić information content (AvgIpc) is 3.21. The molecule has 3 nitrogen and oxygen atoms in total. The fourth-order valence-corrected chi connectivity index (χ4v) is 3.73. The van der Waals surface area contributed by atoms with Crippen LogP contribution in [-0.2, 0) is 19.4 Å². The van der Waals surface area contributed by atoms with Gasteiger partial charge in [0.05, 0.1) is 11.6 Å². The Bertz CT molecular complexity index is 965. The molecule has 3 aromatic carbocycles. The van der Waals surface area contributed by atoms with Crippen LogP contribution in [0.4, 0.5) is 0 Å². The molecule has 1 aliphatic rings. The van der Waals surface area contributed by atoms with Gasteiger partial charge in [-0.3, -0.25) is 4.79 Å². The van der Waals surface area contributed by atoms with E-state index in [4.69, 9.17) is 4.74 Å². The normalized spacial score (nSPS) is 13.6. The highest BCUT2D eigenvalue weighted by molar-refractivity contribution is 5.97. The van der Waals surface area contributed by atoms with Gasteiger partial charge >= 0.3 is 0 Å². The van der Waals surface area contributed by atoms with Crippen LogP contribution in [0.25, 0.3) is 0 Å². The third-order valence-corrected chi connectivity index (χ3v) is 5.34. The van der Waals surface area contributed by atoms with Gasteiger partial charge in [0.25, 0.3) is 5.91 Å². The zero-order valence-corrected chi connectivity index (χ0v) is 16.2. The molecule has 3 heteroatoms. The van der Waals surface area contributed by atoms with Gasteiger partial charge in [0.2, 0.25) is 0 Å². The first kappa shape index (κ1) is 18.3. The number of aryl methyl sites for hydroxylation is 2. The summed E-state index contributed by atoms with van der Waals surface area (Å²) in [5, 5.41) is 3.12. The third-order valence-electron chi connectivity index (χ3n) is 5.34. The Morgan fingerprint density at radius 2 is 1.71 bits per heavy atom. The lowest BCUT2D eigenvalue weighted by atomic mass is 10.0.